The van der Waals surface area contributed by atoms with E-state index < -0.39 is 12.2 Å². The highest BCUT2D eigenvalue weighted by molar-refractivity contribution is 6.01. The van der Waals surface area contributed by atoms with Gasteiger partial charge in [0.2, 0.25) is 0 Å². The molecule has 7 heteroatoms. The summed E-state index contributed by atoms with van der Waals surface area (Å²) in [5.74, 6) is 1.57. The highest BCUT2D eigenvalue weighted by Crippen LogP contribution is 2.34. The fraction of sp³-hybridized carbons (Fsp3) is 0.500. The van der Waals surface area contributed by atoms with Gasteiger partial charge in [-0.1, -0.05) is 44.0 Å². The van der Waals surface area contributed by atoms with E-state index in [0.717, 1.165) is 61.0 Å². The quantitative estimate of drug-likeness (QED) is 0.222. The number of Topliss-reactive ketones (excluding diaryl/α,β-unsaturated/α-hetero) is 1. The summed E-state index contributed by atoms with van der Waals surface area (Å²) >= 11 is 0. The van der Waals surface area contributed by atoms with Crippen molar-refractivity contribution in [2.45, 2.75) is 89.4 Å². The molecule has 2 N–H and O–H groups in total. The third-order valence-corrected chi connectivity index (χ3v) is 7.37. The normalized spacial score (nSPS) is 18.8. The minimum atomic E-state index is -0.609. The molecule has 2 aromatic carbocycles. The SMILES string of the molecule is CCCCCC(=O)c1ccc(C(N)N2N=C(c3ccc(OC)c(OC4CCCC4)c3)CCC2C=O)cc1. The van der Waals surface area contributed by atoms with Crippen LogP contribution in [0.4, 0.5) is 0 Å². The lowest BCUT2D eigenvalue weighted by Gasteiger charge is -2.35. The first-order valence-corrected chi connectivity index (χ1v) is 13.6. The molecular weight excluding hydrogens is 466 g/mol. The molecule has 2 atom stereocenters. The van der Waals surface area contributed by atoms with E-state index in [9.17, 15) is 9.59 Å². The third-order valence-electron chi connectivity index (χ3n) is 7.37. The van der Waals surface area contributed by atoms with Crippen LogP contribution in [0.3, 0.4) is 0 Å². The molecule has 0 saturated heterocycles. The van der Waals surface area contributed by atoms with Gasteiger partial charge in [-0.2, -0.15) is 5.10 Å². The number of carbonyl (C=O) groups excluding carboxylic acids is 2. The molecular formula is C30H39N3O4. The van der Waals surface area contributed by atoms with Crippen LogP contribution in [0.5, 0.6) is 11.5 Å². The first-order chi connectivity index (χ1) is 18.0. The predicted molar refractivity (Wildman–Crippen MR) is 145 cm³/mol. The molecule has 1 heterocycles. The van der Waals surface area contributed by atoms with Gasteiger partial charge in [-0.05, 0) is 68.7 Å². The zero-order valence-electron chi connectivity index (χ0n) is 22.0. The number of hydrogen-bond acceptors (Lipinski definition) is 7. The molecule has 1 aliphatic heterocycles. The maximum absolute atomic E-state index is 12.5. The van der Waals surface area contributed by atoms with Crippen molar-refractivity contribution in [3.8, 4) is 11.5 Å². The Morgan fingerprint density at radius 2 is 1.86 bits per heavy atom. The minimum Gasteiger partial charge on any atom is -0.493 e. The van der Waals surface area contributed by atoms with Crippen molar-refractivity contribution < 1.29 is 19.1 Å². The Bertz CT molecular complexity index is 1090. The summed E-state index contributed by atoms with van der Waals surface area (Å²) in [6, 6.07) is 12.8. The first kappa shape index (κ1) is 26.9. The Morgan fingerprint density at radius 3 is 2.54 bits per heavy atom. The topological polar surface area (TPSA) is 94.2 Å². The van der Waals surface area contributed by atoms with E-state index in [0.29, 0.717) is 30.6 Å². The standard InChI is InChI=1S/C30H39N3O4/c1-3-4-5-10-27(35)21-11-13-22(14-12-21)30(31)33-24(20-34)16-17-26(32-33)23-15-18-28(36-2)29(19-23)37-25-8-6-7-9-25/h11-15,18-20,24-25,30H,3-10,16-17,31H2,1-2H3. The van der Waals surface area contributed by atoms with Crippen LogP contribution < -0.4 is 15.2 Å². The van der Waals surface area contributed by atoms with Crippen molar-refractivity contribution in [2.75, 3.05) is 7.11 Å². The van der Waals surface area contributed by atoms with Crippen LogP contribution in [-0.4, -0.2) is 42.0 Å². The number of hydrogen-bond donors (Lipinski definition) is 1. The van der Waals surface area contributed by atoms with E-state index in [4.69, 9.17) is 20.3 Å². The molecule has 1 fully saturated rings. The van der Waals surface area contributed by atoms with Gasteiger partial charge in [-0.15, -0.1) is 0 Å². The largest absolute Gasteiger partial charge is 0.493 e. The summed E-state index contributed by atoms with van der Waals surface area (Å²) in [7, 11) is 1.65. The van der Waals surface area contributed by atoms with Gasteiger partial charge in [0.1, 0.15) is 18.5 Å². The second-order valence-electron chi connectivity index (χ2n) is 10.0. The summed E-state index contributed by atoms with van der Waals surface area (Å²) in [6.45, 7) is 2.12. The number of hydrazone groups is 1. The summed E-state index contributed by atoms with van der Waals surface area (Å²) in [5.41, 5.74) is 9.90. The average Bonchev–Trinajstić information content (AvgIpc) is 3.45. The molecule has 0 bridgehead atoms. The maximum Gasteiger partial charge on any atom is 0.162 e. The van der Waals surface area contributed by atoms with Crippen molar-refractivity contribution in [1.29, 1.82) is 0 Å². The van der Waals surface area contributed by atoms with Gasteiger partial charge in [0.05, 0.1) is 18.9 Å². The Hall–Kier alpha value is -3.19. The molecule has 1 aliphatic carbocycles. The summed E-state index contributed by atoms with van der Waals surface area (Å²) in [6.07, 6.45) is 9.88. The number of ketones is 1. The van der Waals surface area contributed by atoms with Crippen LogP contribution in [0.2, 0.25) is 0 Å². The number of ether oxygens (including phenoxy) is 2. The zero-order chi connectivity index (χ0) is 26.2. The maximum atomic E-state index is 12.5. The molecule has 2 unspecified atom stereocenters. The lowest BCUT2D eigenvalue weighted by atomic mass is 9.99. The first-order valence-electron chi connectivity index (χ1n) is 13.6. The fourth-order valence-electron chi connectivity index (χ4n) is 5.11. The zero-order valence-corrected chi connectivity index (χ0v) is 22.0. The van der Waals surface area contributed by atoms with Crippen molar-refractivity contribution in [3.05, 3.63) is 59.2 Å². The lowest BCUT2D eigenvalue weighted by molar-refractivity contribution is -0.113. The summed E-state index contributed by atoms with van der Waals surface area (Å²) < 4.78 is 11.8. The number of aldehydes is 1. The highest BCUT2D eigenvalue weighted by Gasteiger charge is 2.29. The summed E-state index contributed by atoms with van der Waals surface area (Å²) in [4.78, 5) is 24.4. The molecule has 0 aromatic heterocycles. The van der Waals surface area contributed by atoms with Gasteiger partial charge in [0.25, 0.3) is 0 Å². The molecule has 2 aromatic rings. The van der Waals surface area contributed by atoms with Gasteiger partial charge in [0, 0.05) is 17.5 Å². The van der Waals surface area contributed by atoms with Crippen molar-refractivity contribution >= 4 is 17.8 Å². The average molecular weight is 506 g/mol. The number of benzene rings is 2. The lowest BCUT2D eigenvalue weighted by Crippen LogP contribution is -2.43. The van der Waals surface area contributed by atoms with E-state index >= 15 is 0 Å². The van der Waals surface area contributed by atoms with E-state index in [1.54, 1.807) is 12.1 Å². The van der Waals surface area contributed by atoms with Crippen LogP contribution in [0.15, 0.2) is 47.6 Å². The molecule has 0 spiro atoms. The van der Waals surface area contributed by atoms with E-state index in [2.05, 4.69) is 6.92 Å². The van der Waals surface area contributed by atoms with Gasteiger partial charge in [-0.3, -0.25) is 9.80 Å². The van der Waals surface area contributed by atoms with E-state index in [1.165, 1.54) is 12.8 Å². The molecule has 0 radical (unpaired) electrons. The van der Waals surface area contributed by atoms with Crippen molar-refractivity contribution in [3.63, 3.8) is 0 Å². The molecule has 2 aliphatic rings. The molecule has 4 rings (SSSR count). The number of carbonyl (C=O) groups is 2. The van der Waals surface area contributed by atoms with Gasteiger partial charge in [-0.25, -0.2) is 0 Å². The van der Waals surface area contributed by atoms with E-state index in [-0.39, 0.29) is 11.9 Å². The monoisotopic (exact) mass is 505 g/mol. The number of nitrogens with two attached hydrogens (primary N) is 1. The highest BCUT2D eigenvalue weighted by atomic mass is 16.5. The Balaban J connectivity index is 1.54. The molecule has 1 saturated carbocycles. The van der Waals surface area contributed by atoms with Gasteiger partial charge >= 0.3 is 0 Å². The Kier molecular flexibility index (Phi) is 9.34. The number of nitrogens with zero attached hydrogens (tertiary/aromatic N) is 2. The van der Waals surface area contributed by atoms with Crippen LogP contribution in [0.1, 0.15) is 98.8 Å². The molecule has 198 valence electrons. The summed E-state index contributed by atoms with van der Waals surface area (Å²) in [5, 5.41) is 6.53. The Morgan fingerprint density at radius 1 is 1.11 bits per heavy atom. The molecule has 0 amide bonds. The van der Waals surface area contributed by atoms with Crippen molar-refractivity contribution in [1.82, 2.24) is 5.01 Å². The molecule has 7 nitrogen and oxygen atoms in total. The van der Waals surface area contributed by atoms with Crippen molar-refractivity contribution in [2.24, 2.45) is 10.8 Å². The van der Waals surface area contributed by atoms with Gasteiger partial charge in [0.15, 0.2) is 17.3 Å². The molecule has 37 heavy (non-hydrogen) atoms. The second-order valence-corrected chi connectivity index (χ2v) is 10.0. The second kappa shape index (κ2) is 12.9. The smallest absolute Gasteiger partial charge is 0.162 e. The van der Waals surface area contributed by atoms with Gasteiger partial charge < -0.3 is 20.0 Å². The third kappa shape index (κ3) is 6.58. The predicted octanol–water partition coefficient (Wildman–Crippen LogP) is 5.80. The minimum absolute atomic E-state index is 0.146. The fourth-order valence-corrected chi connectivity index (χ4v) is 5.11. The van der Waals surface area contributed by atoms with Crippen LogP contribution in [0.25, 0.3) is 0 Å². The number of unbranched alkanes of at least 4 members (excludes halogenated alkanes) is 2. The Labute approximate surface area is 220 Å². The van der Waals surface area contributed by atoms with Crippen LogP contribution in [-0.2, 0) is 4.79 Å². The van der Waals surface area contributed by atoms with E-state index in [1.807, 2.05) is 42.5 Å². The van der Waals surface area contributed by atoms with Crippen LogP contribution in [0, 0.1) is 0 Å². The van der Waals surface area contributed by atoms with Crippen LogP contribution >= 0.6 is 0 Å². The number of methoxy groups -OCH3 is 1. The number of rotatable bonds is 12.